The van der Waals surface area contributed by atoms with Gasteiger partial charge in [0.1, 0.15) is 18.7 Å². The summed E-state index contributed by atoms with van der Waals surface area (Å²) < 4.78 is 4.86. The summed E-state index contributed by atoms with van der Waals surface area (Å²) in [5.74, 6) is 1.15. The van der Waals surface area contributed by atoms with E-state index in [0.29, 0.717) is 27.2 Å². The lowest BCUT2D eigenvalue weighted by Gasteiger charge is -2.06. The summed E-state index contributed by atoms with van der Waals surface area (Å²) in [5, 5.41) is 4.80. The first-order chi connectivity index (χ1) is 9.16. The van der Waals surface area contributed by atoms with Crippen molar-refractivity contribution in [2.45, 2.75) is 13.5 Å². The van der Waals surface area contributed by atoms with E-state index in [1.807, 2.05) is 0 Å². The van der Waals surface area contributed by atoms with Gasteiger partial charge in [0.15, 0.2) is 5.82 Å². The Balaban J connectivity index is 1.82. The van der Waals surface area contributed by atoms with Crippen molar-refractivity contribution in [2.24, 2.45) is 4.99 Å². The van der Waals surface area contributed by atoms with E-state index in [1.54, 1.807) is 31.2 Å². The molecule has 1 aromatic heterocycles. The van der Waals surface area contributed by atoms with Crippen molar-refractivity contribution in [1.29, 1.82) is 0 Å². The molecule has 0 amide bonds. The van der Waals surface area contributed by atoms with Crippen molar-refractivity contribution in [1.82, 2.24) is 10.6 Å². The minimum atomic E-state index is 0.225. The summed E-state index contributed by atoms with van der Waals surface area (Å²) in [6.07, 6.45) is 1.36. The third kappa shape index (κ3) is 3.96. The highest BCUT2D eigenvalue weighted by Gasteiger charge is 2.04. The number of aryl methyl sites for hydroxylation is 1. The molecule has 1 N–H and O–H groups in total. The zero-order valence-electron chi connectivity index (χ0n) is 10.1. The zero-order chi connectivity index (χ0) is 13.7. The molecule has 0 radical (unpaired) electrons. The fraction of sp³-hybridized carbons (Fsp3) is 0.167. The molecule has 0 saturated carbocycles. The number of benzene rings is 1. The summed E-state index contributed by atoms with van der Waals surface area (Å²) >= 11 is 12.0. The van der Waals surface area contributed by atoms with E-state index in [4.69, 9.17) is 32.6 Å². The van der Waals surface area contributed by atoms with E-state index in [0.717, 1.165) is 0 Å². The molecule has 0 fully saturated rings. The van der Waals surface area contributed by atoms with Gasteiger partial charge in [-0.05, 0) is 19.1 Å². The van der Waals surface area contributed by atoms with Crippen LogP contribution in [0.3, 0.4) is 0 Å². The van der Waals surface area contributed by atoms with Crippen LogP contribution in [0.2, 0.25) is 10.0 Å². The standard InChI is InChI=1S/C12H11Cl2N3O2/c1-8-5-12(17-19-8)15-7-16-18-6-9-10(13)3-2-4-11(9)14/h2-5,7H,6H2,1H3,(H,15,16,17). The second-order valence-electron chi connectivity index (χ2n) is 3.66. The second kappa shape index (κ2) is 6.56. The Bertz CT molecular complexity index is 564. The molecule has 7 heteroatoms. The Morgan fingerprint density at radius 1 is 1.42 bits per heavy atom. The van der Waals surface area contributed by atoms with Crippen LogP contribution >= 0.6 is 23.2 Å². The molecule has 19 heavy (non-hydrogen) atoms. The fourth-order valence-corrected chi connectivity index (χ4v) is 1.83. The van der Waals surface area contributed by atoms with Gasteiger partial charge in [-0.15, -0.1) is 0 Å². The van der Waals surface area contributed by atoms with E-state index >= 15 is 0 Å². The molecule has 0 spiro atoms. The van der Waals surface area contributed by atoms with Crippen molar-refractivity contribution >= 4 is 35.4 Å². The third-order valence-corrected chi connectivity index (χ3v) is 2.93. The van der Waals surface area contributed by atoms with Crippen molar-refractivity contribution < 1.29 is 9.36 Å². The van der Waals surface area contributed by atoms with Crippen molar-refractivity contribution in [3.63, 3.8) is 0 Å². The monoisotopic (exact) mass is 299 g/mol. The van der Waals surface area contributed by atoms with Gasteiger partial charge < -0.3 is 4.52 Å². The first kappa shape index (κ1) is 13.9. The highest BCUT2D eigenvalue weighted by Crippen LogP contribution is 2.24. The van der Waals surface area contributed by atoms with Crippen LogP contribution in [-0.4, -0.2) is 11.5 Å². The van der Waals surface area contributed by atoms with Crippen LogP contribution in [0.1, 0.15) is 11.3 Å². The molecule has 0 atom stereocenters. The average molecular weight is 300 g/mol. The molecule has 1 aromatic carbocycles. The Hall–Kier alpha value is -1.56. The average Bonchev–Trinajstić information content (AvgIpc) is 2.78. The van der Waals surface area contributed by atoms with Gasteiger partial charge in [-0.2, -0.15) is 0 Å². The number of hydrogen-bond acceptors (Lipinski definition) is 4. The number of halogens is 2. The number of nitrogens with one attached hydrogen (secondary N) is 1. The van der Waals surface area contributed by atoms with Gasteiger partial charge in [0, 0.05) is 21.7 Å². The van der Waals surface area contributed by atoms with Gasteiger partial charge in [0.05, 0.1) is 0 Å². The van der Waals surface area contributed by atoms with E-state index in [2.05, 4.69) is 15.6 Å². The van der Waals surface area contributed by atoms with Gasteiger partial charge in [-0.3, -0.25) is 10.3 Å². The second-order valence-corrected chi connectivity index (χ2v) is 4.48. The summed E-state index contributed by atoms with van der Waals surface area (Å²) in [6.45, 7) is 2.01. The highest BCUT2D eigenvalue weighted by atomic mass is 35.5. The fourth-order valence-electron chi connectivity index (χ4n) is 1.33. The number of aliphatic imine (C=N–C) groups is 1. The summed E-state index contributed by atoms with van der Waals surface area (Å²) in [6, 6.07) is 6.97. The van der Waals surface area contributed by atoms with Crippen molar-refractivity contribution in [2.75, 3.05) is 0 Å². The SMILES string of the molecule is Cc1cc(N=CNOCc2c(Cl)cccc2Cl)no1. The normalized spacial score (nSPS) is 11.1. The molecule has 0 unspecified atom stereocenters. The molecule has 5 nitrogen and oxygen atoms in total. The molecule has 2 aromatic rings. The summed E-state index contributed by atoms with van der Waals surface area (Å²) in [5.41, 5.74) is 3.27. The maximum atomic E-state index is 5.99. The molecule has 0 saturated heterocycles. The Morgan fingerprint density at radius 3 is 2.79 bits per heavy atom. The lowest BCUT2D eigenvalue weighted by atomic mass is 10.2. The van der Waals surface area contributed by atoms with Gasteiger partial charge in [-0.1, -0.05) is 34.4 Å². The van der Waals surface area contributed by atoms with E-state index in [9.17, 15) is 0 Å². The zero-order valence-corrected chi connectivity index (χ0v) is 11.6. The first-order valence-corrected chi connectivity index (χ1v) is 6.18. The molecular formula is C12H11Cl2N3O2. The number of nitrogens with zero attached hydrogens (tertiary/aromatic N) is 2. The van der Waals surface area contributed by atoms with Crippen molar-refractivity contribution in [3.8, 4) is 0 Å². The number of hydrogen-bond donors (Lipinski definition) is 1. The topological polar surface area (TPSA) is 59.7 Å². The number of aromatic nitrogens is 1. The van der Waals surface area contributed by atoms with Crippen LogP contribution in [0.4, 0.5) is 5.82 Å². The van der Waals surface area contributed by atoms with E-state index in [1.165, 1.54) is 6.34 Å². The van der Waals surface area contributed by atoms with Gasteiger partial charge in [0.25, 0.3) is 0 Å². The summed E-state index contributed by atoms with van der Waals surface area (Å²) in [4.78, 5) is 9.15. The quantitative estimate of drug-likeness (QED) is 0.396. The number of hydroxylamine groups is 1. The lowest BCUT2D eigenvalue weighted by Crippen LogP contribution is -2.11. The largest absolute Gasteiger partial charge is 0.359 e. The van der Waals surface area contributed by atoms with Crippen LogP contribution in [0, 0.1) is 6.92 Å². The predicted molar refractivity (Wildman–Crippen MR) is 73.8 cm³/mol. The minimum absolute atomic E-state index is 0.225. The predicted octanol–water partition coefficient (Wildman–Crippen LogP) is 3.67. The smallest absolute Gasteiger partial charge is 0.196 e. The van der Waals surface area contributed by atoms with Crippen LogP contribution < -0.4 is 5.48 Å². The van der Waals surface area contributed by atoms with Crippen molar-refractivity contribution in [3.05, 3.63) is 45.6 Å². The first-order valence-electron chi connectivity index (χ1n) is 5.43. The summed E-state index contributed by atoms with van der Waals surface area (Å²) in [7, 11) is 0. The molecule has 2 rings (SSSR count). The van der Waals surface area contributed by atoms with Crippen LogP contribution in [0.15, 0.2) is 33.8 Å². The molecule has 100 valence electrons. The minimum Gasteiger partial charge on any atom is -0.359 e. The van der Waals surface area contributed by atoms with Gasteiger partial charge >= 0.3 is 0 Å². The maximum Gasteiger partial charge on any atom is 0.196 e. The third-order valence-electron chi connectivity index (χ3n) is 2.23. The van der Waals surface area contributed by atoms with Gasteiger partial charge in [0.2, 0.25) is 0 Å². The highest BCUT2D eigenvalue weighted by molar-refractivity contribution is 6.35. The molecule has 0 aliphatic heterocycles. The number of rotatable bonds is 5. The maximum absolute atomic E-state index is 5.99. The Labute approximate surface area is 120 Å². The van der Waals surface area contributed by atoms with E-state index < -0.39 is 0 Å². The van der Waals surface area contributed by atoms with Crippen LogP contribution in [-0.2, 0) is 11.4 Å². The molecule has 0 aliphatic rings. The van der Waals surface area contributed by atoms with Gasteiger partial charge in [-0.25, -0.2) is 4.99 Å². The molecular weight excluding hydrogens is 289 g/mol. The molecule has 0 aliphatic carbocycles. The van der Waals surface area contributed by atoms with Crippen LogP contribution in [0.25, 0.3) is 0 Å². The van der Waals surface area contributed by atoms with E-state index in [-0.39, 0.29) is 6.61 Å². The Morgan fingerprint density at radius 2 is 2.16 bits per heavy atom. The molecule has 0 bridgehead atoms. The van der Waals surface area contributed by atoms with Crippen LogP contribution in [0.5, 0.6) is 0 Å². The lowest BCUT2D eigenvalue weighted by molar-refractivity contribution is 0.0746. The molecule has 1 heterocycles. The Kier molecular flexibility index (Phi) is 4.79.